The highest BCUT2D eigenvalue weighted by Crippen LogP contribution is 2.36. The monoisotopic (exact) mass is 305 g/mol. The summed E-state index contributed by atoms with van der Waals surface area (Å²) >= 11 is 0. The van der Waals surface area contributed by atoms with Gasteiger partial charge in [-0.1, -0.05) is 0 Å². The lowest BCUT2D eigenvalue weighted by atomic mass is 10.2. The van der Waals surface area contributed by atoms with Crippen LogP contribution in [0.1, 0.15) is 6.42 Å². The number of fused-ring (bicyclic) bond motifs is 4. The zero-order chi connectivity index (χ0) is 14.6. The fourth-order valence-corrected chi connectivity index (χ4v) is 4.48. The number of hydrogen-bond acceptors (Lipinski definition) is 5. The minimum Gasteiger partial charge on any atom is -0.504 e. The van der Waals surface area contributed by atoms with E-state index in [1.807, 2.05) is 4.57 Å². The number of rotatable bonds is 0. The average Bonchev–Trinajstić information content (AvgIpc) is 2.92. The van der Waals surface area contributed by atoms with Gasteiger partial charge < -0.3 is 23.9 Å². The largest absolute Gasteiger partial charge is 0.504 e. The van der Waals surface area contributed by atoms with E-state index in [9.17, 15) is 14.7 Å². The number of hydrogen-bond donors (Lipinski definition) is 0. The molecule has 1 aromatic carbocycles. The van der Waals surface area contributed by atoms with E-state index in [-0.39, 0.29) is 12.2 Å². The van der Waals surface area contributed by atoms with Gasteiger partial charge in [-0.3, -0.25) is 4.79 Å². The molecule has 0 radical (unpaired) electrons. The Kier molecular flexibility index (Phi) is 2.65. The summed E-state index contributed by atoms with van der Waals surface area (Å²) in [5.41, 5.74) is 0.496. The van der Waals surface area contributed by atoms with Crippen LogP contribution in [0.4, 0.5) is 4.79 Å². The van der Waals surface area contributed by atoms with E-state index < -0.39 is 16.2 Å². The Morgan fingerprint density at radius 3 is 2.76 bits per heavy atom. The van der Waals surface area contributed by atoms with Crippen LogP contribution in [-0.2, 0) is 17.4 Å². The predicted octanol–water partition coefficient (Wildman–Crippen LogP) is 0.454. The Hall–Kier alpha value is -2.15. The number of ether oxygens (including phenoxy) is 2. The van der Waals surface area contributed by atoms with Crippen molar-refractivity contribution in [2.24, 2.45) is 0 Å². The maximum absolute atomic E-state index is 12.3. The quantitative estimate of drug-likeness (QED) is 0.660. The van der Waals surface area contributed by atoms with Gasteiger partial charge in [0.25, 0.3) is 5.30 Å². The second-order valence-electron chi connectivity index (χ2n) is 4.92. The molecule has 1 atom stereocenters. The predicted molar refractivity (Wildman–Crippen MR) is 74.8 cm³/mol. The normalized spacial score (nSPS) is 19.5. The molecule has 2 aromatic rings. The Morgan fingerprint density at radius 1 is 1.24 bits per heavy atom. The summed E-state index contributed by atoms with van der Waals surface area (Å²) < 4.78 is 12.5. The van der Waals surface area contributed by atoms with Crippen LogP contribution in [0.15, 0.2) is 28.0 Å². The molecule has 2 aliphatic heterocycles. The van der Waals surface area contributed by atoms with Crippen molar-refractivity contribution in [3.63, 3.8) is 0 Å². The zero-order valence-electron chi connectivity index (χ0n) is 11.0. The van der Waals surface area contributed by atoms with Crippen molar-refractivity contribution in [1.82, 2.24) is 4.57 Å². The first-order valence-corrected chi connectivity index (χ1v) is 7.93. The van der Waals surface area contributed by atoms with E-state index in [1.54, 1.807) is 12.1 Å². The van der Waals surface area contributed by atoms with E-state index in [1.165, 1.54) is 6.07 Å². The molecular formula is C14H11NO5S. The number of nitrogens with zero attached hydrogens (tertiary/aromatic N) is 1. The van der Waals surface area contributed by atoms with Crippen LogP contribution in [0.2, 0.25) is 0 Å². The Balaban J connectivity index is 2.05. The van der Waals surface area contributed by atoms with Crippen LogP contribution >= 0.6 is 0 Å². The molecule has 4 rings (SSSR count). The summed E-state index contributed by atoms with van der Waals surface area (Å²) in [5, 5.41) is 11.2. The lowest BCUT2D eigenvalue weighted by Crippen LogP contribution is -2.38. The van der Waals surface area contributed by atoms with Crippen LogP contribution in [0.5, 0.6) is 11.5 Å². The second-order valence-corrected chi connectivity index (χ2v) is 6.86. The van der Waals surface area contributed by atoms with E-state index >= 15 is 0 Å². The van der Waals surface area contributed by atoms with Gasteiger partial charge in [-0.05, 0) is 6.07 Å². The van der Waals surface area contributed by atoms with Crippen LogP contribution in [0.3, 0.4) is 0 Å². The minimum absolute atomic E-state index is 0.135. The fraction of sp³-hybridized carbons (Fsp3) is 0.286. The SMILES string of the molecule is O=C([O-])[S+]1CCCn2c1cc(=O)c1cc3c(cc12)OCO3. The summed E-state index contributed by atoms with van der Waals surface area (Å²) in [6.07, 6.45) is 0.747. The topological polar surface area (TPSA) is 80.6 Å². The van der Waals surface area contributed by atoms with Gasteiger partial charge >= 0.3 is 0 Å². The summed E-state index contributed by atoms with van der Waals surface area (Å²) in [5.74, 6) is 1.66. The Morgan fingerprint density at radius 2 is 2.00 bits per heavy atom. The van der Waals surface area contributed by atoms with Gasteiger partial charge in [0.1, 0.15) is 5.75 Å². The number of benzene rings is 1. The van der Waals surface area contributed by atoms with Crippen LogP contribution < -0.4 is 20.0 Å². The maximum atomic E-state index is 12.3. The fourth-order valence-electron chi connectivity index (χ4n) is 2.81. The van der Waals surface area contributed by atoms with E-state index in [2.05, 4.69) is 0 Å². The molecule has 1 aromatic heterocycles. The first kappa shape index (κ1) is 12.6. The highest BCUT2D eigenvalue weighted by Gasteiger charge is 2.33. The van der Waals surface area contributed by atoms with Crippen molar-refractivity contribution in [3.8, 4) is 11.5 Å². The molecule has 0 fully saturated rings. The van der Waals surface area contributed by atoms with Crippen molar-refractivity contribution >= 4 is 27.1 Å². The number of carbonyl (C=O) groups excluding carboxylic acids is 1. The molecule has 0 saturated carbocycles. The molecule has 0 bridgehead atoms. The standard InChI is InChI=1S/C14H11NO5S/c16-10-6-13-15(2-1-3-21(13)14(17)18)9-5-12-11(4-8(9)10)19-7-20-12/h4-6H,1-3,7H2. The minimum atomic E-state index is -1.11. The number of carbonyl (C=O) groups is 1. The van der Waals surface area contributed by atoms with Crippen molar-refractivity contribution in [1.29, 1.82) is 0 Å². The Bertz CT molecular complexity index is 828. The smallest absolute Gasteiger partial charge is 0.280 e. The molecule has 0 spiro atoms. The third-order valence-corrected chi connectivity index (χ3v) is 5.69. The third-order valence-electron chi connectivity index (χ3n) is 3.75. The number of pyridine rings is 1. The van der Waals surface area contributed by atoms with Crippen molar-refractivity contribution < 1.29 is 19.4 Å². The number of aromatic nitrogens is 1. The van der Waals surface area contributed by atoms with Crippen molar-refractivity contribution in [3.05, 3.63) is 28.4 Å². The molecule has 1 unspecified atom stereocenters. The summed E-state index contributed by atoms with van der Waals surface area (Å²) in [6, 6.07) is 4.84. The molecule has 0 amide bonds. The number of aryl methyl sites for hydroxylation is 1. The summed E-state index contributed by atoms with van der Waals surface area (Å²) in [7, 11) is -1.04. The van der Waals surface area contributed by atoms with Gasteiger partial charge in [0, 0.05) is 24.4 Å². The first-order valence-electron chi connectivity index (χ1n) is 6.54. The molecule has 0 aliphatic carbocycles. The lowest BCUT2D eigenvalue weighted by Gasteiger charge is -2.21. The average molecular weight is 305 g/mol. The van der Waals surface area contributed by atoms with E-state index in [0.29, 0.717) is 39.7 Å². The Labute approximate surface area is 122 Å². The van der Waals surface area contributed by atoms with Crippen LogP contribution in [-0.4, -0.2) is 22.4 Å². The zero-order valence-corrected chi connectivity index (χ0v) is 11.8. The van der Waals surface area contributed by atoms with Gasteiger partial charge in [-0.2, -0.15) is 0 Å². The van der Waals surface area contributed by atoms with Gasteiger partial charge in [0.15, 0.2) is 16.9 Å². The van der Waals surface area contributed by atoms with Crippen LogP contribution in [0.25, 0.3) is 10.9 Å². The molecule has 108 valence electrons. The van der Waals surface area contributed by atoms with E-state index in [0.717, 1.165) is 6.42 Å². The molecule has 3 heterocycles. The highest BCUT2D eigenvalue weighted by atomic mass is 32.2. The van der Waals surface area contributed by atoms with Crippen molar-refractivity contribution in [2.75, 3.05) is 12.5 Å². The molecule has 0 N–H and O–H groups in total. The summed E-state index contributed by atoms with van der Waals surface area (Å²) in [6.45, 7) is 0.818. The number of carboxylic acid groups (broad SMARTS) is 1. The molecule has 21 heavy (non-hydrogen) atoms. The lowest BCUT2D eigenvalue weighted by molar-refractivity contribution is -0.233. The molecule has 2 aliphatic rings. The van der Waals surface area contributed by atoms with E-state index in [4.69, 9.17) is 9.47 Å². The van der Waals surface area contributed by atoms with Crippen LogP contribution in [0, 0.1) is 0 Å². The molecular weight excluding hydrogens is 294 g/mol. The van der Waals surface area contributed by atoms with Crippen molar-refractivity contribution in [2.45, 2.75) is 18.0 Å². The van der Waals surface area contributed by atoms with Gasteiger partial charge in [-0.15, -0.1) is 0 Å². The maximum Gasteiger partial charge on any atom is 0.280 e. The molecule has 6 nitrogen and oxygen atoms in total. The summed E-state index contributed by atoms with van der Waals surface area (Å²) in [4.78, 5) is 23.6. The molecule has 7 heteroatoms. The third kappa shape index (κ3) is 1.80. The van der Waals surface area contributed by atoms with Gasteiger partial charge in [0.2, 0.25) is 11.8 Å². The second kappa shape index (κ2) is 4.42. The van der Waals surface area contributed by atoms with Gasteiger partial charge in [-0.25, -0.2) is 0 Å². The first-order chi connectivity index (χ1) is 10.1. The molecule has 0 saturated heterocycles. The van der Waals surface area contributed by atoms with Gasteiger partial charge in [0.05, 0.1) is 22.5 Å². The highest BCUT2D eigenvalue weighted by molar-refractivity contribution is 8.10.